The Balaban J connectivity index is 1.07. The minimum absolute atomic E-state index is 0.0922. The van der Waals surface area contributed by atoms with Gasteiger partial charge in [-0.15, -0.1) is 10.2 Å². The molecule has 39 heavy (non-hydrogen) atoms. The molecule has 0 radical (unpaired) electrons. The molecule has 9 nitrogen and oxygen atoms in total. The number of rotatable bonds is 16. The van der Waals surface area contributed by atoms with Gasteiger partial charge < -0.3 is 14.3 Å². The fourth-order valence-electron chi connectivity index (χ4n) is 4.58. The van der Waals surface area contributed by atoms with Crippen LogP contribution in [0.15, 0.2) is 57.0 Å². The highest BCUT2D eigenvalue weighted by atomic mass is 32.2. The van der Waals surface area contributed by atoms with Gasteiger partial charge in [-0.2, -0.15) is 5.10 Å². The Hall–Kier alpha value is -3.40. The minimum Gasteiger partial charge on any atom is -0.467 e. The second-order valence-corrected chi connectivity index (χ2v) is 10.9. The van der Waals surface area contributed by atoms with E-state index in [0.717, 1.165) is 52.8 Å². The molecule has 208 valence electrons. The number of hydrogen-bond acceptors (Lipinski definition) is 7. The number of aromatic nitrogens is 5. The summed E-state index contributed by atoms with van der Waals surface area (Å²) in [6.45, 7) is 0.466. The molecule has 3 heterocycles. The van der Waals surface area contributed by atoms with E-state index < -0.39 is 0 Å². The van der Waals surface area contributed by atoms with Gasteiger partial charge >= 0.3 is 0 Å². The van der Waals surface area contributed by atoms with Crippen LogP contribution >= 0.6 is 11.8 Å². The topological polar surface area (TPSA) is 108 Å². The number of nitrogens with one attached hydrogen (secondary N) is 1. The first-order valence-corrected chi connectivity index (χ1v) is 14.8. The summed E-state index contributed by atoms with van der Waals surface area (Å²) in [4.78, 5) is 24.3. The Bertz CT molecular complexity index is 1400. The van der Waals surface area contributed by atoms with Gasteiger partial charge in [0.2, 0.25) is 5.91 Å². The van der Waals surface area contributed by atoms with Gasteiger partial charge in [-0.3, -0.25) is 9.59 Å². The van der Waals surface area contributed by atoms with E-state index in [9.17, 15) is 9.59 Å². The Morgan fingerprint density at radius 3 is 2.38 bits per heavy atom. The molecule has 10 heteroatoms. The average Bonchev–Trinajstić information content (AvgIpc) is 3.59. The molecule has 0 bridgehead atoms. The number of carbonyl (C=O) groups excluding carboxylic acids is 1. The third-order valence-corrected chi connectivity index (χ3v) is 7.96. The molecule has 4 aromatic rings. The fourth-order valence-corrected chi connectivity index (χ4v) is 5.51. The highest BCUT2D eigenvalue weighted by Crippen LogP contribution is 2.21. The van der Waals surface area contributed by atoms with Gasteiger partial charge in [0.05, 0.1) is 30.3 Å². The van der Waals surface area contributed by atoms with Gasteiger partial charge in [0.15, 0.2) is 5.16 Å². The Labute approximate surface area is 233 Å². The summed E-state index contributed by atoms with van der Waals surface area (Å²) in [5, 5.41) is 18.6. The number of amides is 1. The molecule has 0 aliphatic rings. The van der Waals surface area contributed by atoms with E-state index in [1.807, 2.05) is 48.0 Å². The predicted octanol–water partition coefficient (Wildman–Crippen LogP) is 5.17. The smallest absolute Gasteiger partial charge is 0.274 e. The normalized spacial score (nSPS) is 11.3. The second kappa shape index (κ2) is 14.7. The number of aryl methyl sites for hydroxylation is 1. The molecule has 1 N–H and O–H groups in total. The second-order valence-electron chi connectivity index (χ2n) is 9.84. The van der Waals surface area contributed by atoms with Gasteiger partial charge in [0, 0.05) is 31.7 Å². The van der Waals surface area contributed by atoms with E-state index in [1.165, 1.54) is 36.8 Å². The summed E-state index contributed by atoms with van der Waals surface area (Å²) in [5.41, 5.74) is 0.735. The molecule has 4 rings (SSSR count). The molecular formula is C29H38N6O3S. The Morgan fingerprint density at radius 1 is 0.923 bits per heavy atom. The van der Waals surface area contributed by atoms with E-state index >= 15 is 0 Å². The van der Waals surface area contributed by atoms with Crippen molar-refractivity contribution in [2.75, 3.05) is 5.75 Å². The van der Waals surface area contributed by atoms with Crippen LogP contribution in [0.2, 0.25) is 0 Å². The first-order chi connectivity index (χ1) is 19.0. The summed E-state index contributed by atoms with van der Waals surface area (Å²) < 4.78 is 8.65. The number of hydrogen-bond donors (Lipinski definition) is 1. The van der Waals surface area contributed by atoms with Crippen molar-refractivity contribution < 1.29 is 9.21 Å². The van der Waals surface area contributed by atoms with Gasteiger partial charge in [-0.05, 0) is 31.0 Å². The van der Waals surface area contributed by atoms with Gasteiger partial charge in [-0.1, -0.05) is 68.5 Å². The van der Waals surface area contributed by atoms with Crippen LogP contribution in [0, 0.1) is 0 Å². The molecule has 0 aliphatic heterocycles. The molecular weight excluding hydrogens is 512 g/mol. The minimum atomic E-state index is -0.0922. The van der Waals surface area contributed by atoms with Crippen molar-refractivity contribution in [3.05, 3.63) is 70.3 Å². The lowest BCUT2D eigenvalue weighted by Crippen LogP contribution is -2.21. The van der Waals surface area contributed by atoms with Gasteiger partial charge in [0.25, 0.3) is 5.56 Å². The van der Waals surface area contributed by atoms with Gasteiger partial charge in [0.1, 0.15) is 11.6 Å². The lowest BCUT2D eigenvalue weighted by Gasteiger charge is -2.08. The van der Waals surface area contributed by atoms with Crippen molar-refractivity contribution in [1.82, 2.24) is 29.9 Å². The van der Waals surface area contributed by atoms with Crippen molar-refractivity contribution in [3.63, 3.8) is 0 Å². The van der Waals surface area contributed by atoms with Crippen LogP contribution in [0.3, 0.4) is 0 Å². The molecule has 0 saturated heterocycles. The third-order valence-electron chi connectivity index (χ3n) is 6.85. The summed E-state index contributed by atoms with van der Waals surface area (Å²) in [6.07, 6.45) is 12.0. The lowest BCUT2D eigenvalue weighted by atomic mass is 10.1. The maximum atomic E-state index is 12.4. The predicted molar refractivity (Wildman–Crippen MR) is 154 cm³/mol. The van der Waals surface area contributed by atoms with Crippen LogP contribution < -0.4 is 10.9 Å². The van der Waals surface area contributed by atoms with E-state index in [0.29, 0.717) is 24.8 Å². The van der Waals surface area contributed by atoms with Crippen LogP contribution in [0.25, 0.3) is 10.8 Å². The third kappa shape index (κ3) is 8.29. The number of nitrogens with zero attached hydrogens (tertiary/aromatic N) is 5. The maximum absolute atomic E-state index is 12.4. The fraction of sp³-hybridized carbons (Fsp3) is 0.483. The number of unbranched alkanes of at least 4 members (excludes halogenated alkanes) is 7. The highest BCUT2D eigenvalue weighted by Gasteiger charge is 2.14. The number of benzene rings is 1. The van der Waals surface area contributed by atoms with E-state index in [-0.39, 0.29) is 11.5 Å². The quantitative estimate of drug-likeness (QED) is 0.152. The molecule has 1 aromatic carbocycles. The van der Waals surface area contributed by atoms with E-state index in [4.69, 9.17) is 4.42 Å². The summed E-state index contributed by atoms with van der Waals surface area (Å²) in [6, 6.07) is 11.3. The zero-order valence-electron chi connectivity index (χ0n) is 22.9. The van der Waals surface area contributed by atoms with Crippen molar-refractivity contribution in [2.24, 2.45) is 14.1 Å². The average molecular weight is 551 g/mol. The summed E-state index contributed by atoms with van der Waals surface area (Å²) in [7, 11) is 3.67. The molecule has 0 unspecified atom stereocenters. The molecule has 1 amide bonds. The zero-order chi connectivity index (χ0) is 27.5. The largest absolute Gasteiger partial charge is 0.467 e. The molecule has 0 spiro atoms. The van der Waals surface area contributed by atoms with Crippen LogP contribution in [-0.2, 0) is 31.9 Å². The van der Waals surface area contributed by atoms with Crippen molar-refractivity contribution in [1.29, 1.82) is 0 Å². The number of furan rings is 1. The van der Waals surface area contributed by atoms with Crippen molar-refractivity contribution in [3.8, 4) is 0 Å². The summed E-state index contributed by atoms with van der Waals surface area (Å²) >= 11 is 1.74. The standard InChI is InChI=1S/C29H38N6O3S/c1-34-26(20-25-23-15-10-11-16-24(23)28(37)35(2)33-25)31-32-29(34)39-19-12-8-6-4-3-5-7-9-17-27(36)30-21-22-14-13-18-38-22/h10-11,13-16,18H,3-9,12,17,19-21H2,1-2H3,(H,30,36). The van der Waals surface area contributed by atoms with Crippen molar-refractivity contribution in [2.45, 2.75) is 75.9 Å². The highest BCUT2D eigenvalue weighted by molar-refractivity contribution is 7.99. The number of fused-ring (bicyclic) bond motifs is 1. The molecule has 0 aliphatic carbocycles. The number of carbonyl (C=O) groups is 1. The molecule has 0 fully saturated rings. The van der Waals surface area contributed by atoms with E-state index in [1.54, 1.807) is 25.1 Å². The first-order valence-electron chi connectivity index (χ1n) is 13.8. The molecule has 0 saturated carbocycles. The van der Waals surface area contributed by atoms with Crippen LogP contribution in [-0.4, -0.2) is 36.2 Å². The lowest BCUT2D eigenvalue weighted by molar-refractivity contribution is -0.121. The van der Waals surface area contributed by atoms with Gasteiger partial charge in [-0.25, -0.2) is 4.68 Å². The van der Waals surface area contributed by atoms with Crippen LogP contribution in [0.4, 0.5) is 0 Å². The Kier molecular flexibility index (Phi) is 10.8. The monoisotopic (exact) mass is 550 g/mol. The zero-order valence-corrected chi connectivity index (χ0v) is 23.7. The summed E-state index contributed by atoms with van der Waals surface area (Å²) in [5.74, 6) is 2.73. The van der Waals surface area contributed by atoms with Crippen molar-refractivity contribution >= 4 is 28.4 Å². The SMILES string of the molecule is Cn1c(Cc2nn(C)c(=O)c3ccccc23)nnc1SCCCCCCCCCCC(=O)NCc1ccco1. The maximum Gasteiger partial charge on any atom is 0.274 e. The van der Waals surface area contributed by atoms with E-state index in [2.05, 4.69) is 20.6 Å². The first kappa shape index (κ1) is 28.6. The van der Waals surface area contributed by atoms with Crippen LogP contribution in [0.1, 0.15) is 75.1 Å². The van der Waals surface area contributed by atoms with Crippen LogP contribution in [0.5, 0.6) is 0 Å². The Morgan fingerprint density at radius 2 is 1.64 bits per heavy atom. The molecule has 0 atom stereocenters. The number of thioether (sulfide) groups is 1. The molecule has 3 aromatic heterocycles.